The number of rotatable bonds is 2. The van der Waals surface area contributed by atoms with Crippen molar-refractivity contribution in [2.75, 3.05) is 26.2 Å². The summed E-state index contributed by atoms with van der Waals surface area (Å²) in [7, 11) is 0. The molecule has 1 aromatic rings. The summed E-state index contributed by atoms with van der Waals surface area (Å²) in [4.78, 5) is 2.53. The summed E-state index contributed by atoms with van der Waals surface area (Å²) in [5.41, 5.74) is 1.43. The monoisotopic (exact) mass is 190 g/mol. The predicted molar refractivity (Wildman–Crippen MR) is 59.3 cm³/mol. The summed E-state index contributed by atoms with van der Waals surface area (Å²) < 4.78 is 0. The third-order valence-electron chi connectivity index (χ3n) is 2.98. The van der Waals surface area contributed by atoms with E-state index in [0.29, 0.717) is 6.04 Å². The summed E-state index contributed by atoms with van der Waals surface area (Å²) in [6.07, 6.45) is 0. The summed E-state index contributed by atoms with van der Waals surface area (Å²) in [6, 6.07) is 11.3. The van der Waals surface area contributed by atoms with Crippen LogP contribution in [0.4, 0.5) is 0 Å². The van der Waals surface area contributed by atoms with Gasteiger partial charge in [0.25, 0.3) is 0 Å². The second kappa shape index (κ2) is 4.58. The first-order valence-electron chi connectivity index (χ1n) is 5.37. The molecular weight excluding hydrogens is 172 g/mol. The van der Waals surface area contributed by atoms with Crippen molar-refractivity contribution in [2.24, 2.45) is 0 Å². The number of piperazine rings is 1. The quantitative estimate of drug-likeness (QED) is 0.763. The molecule has 1 aliphatic rings. The van der Waals surface area contributed by atoms with E-state index in [0.717, 1.165) is 26.2 Å². The fraction of sp³-hybridized carbons (Fsp3) is 0.500. The van der Waals surface area contributed by atoms with Crippen LogP contribution in [0, 0.1) is 0 Å². The lowest BCUT2D eigenvalue weighted by atomic mass is 10.1. The average molecular weight is 190 g/mol. The summed E-state index contributed by atoms with van der Waals surface area (Å²) in [5.74, 6) is 0. The van der Waals surface area contributed by atoms with E-state index >= 15 is 0 Å². The van der Waals surface area contributed by atoms with Gasteiger partial charge in [-0.2, -0.15) is 0 Å². The average Bonchev–Trinajstić information content (AvgIpc) is 2.30. The number of nitrogens with zero attached hydrogens (tertiary/aromatic N) is 1. The lowest BCUT2D eigenvalue weighted by Gasteiger charge is -2.33. The molecule has 1 aliphatic heterocycles. The zero-order chi connectivity index (χ0) is 9.80. The molecule has 0 saturated carbocycles. The van der Waals surface area contributed by atoms with E-state index in [1.165, 1.54) is 5.56 Å². The fourth-order valence-electron chi connectivity index (χ4n) is 2.01. The van der Waals surface area contributed by atoms with Gasteiger partial charge in [-0.25, -0.2) is 0 Å². The Bertz CT molecular complexity index is 265. The molecule has 2 heteroatoms. The Morgan fingerprint density at radius 3 is 2.43 bits per heavy atom. The molecule has 0 unspecified atom stereocenters. The van der Waals surface area contributed by atoms with Crippen molar-refractivity contribution in [2.45, 2.75) is 13.0 Å². The highest BCUT2D eigenvalue weighted by molar-refractivity contribution is 5.18. The minimum Gasteiger partial charge on any atom is -0.314 e. The van der Waals surface area contributed by atoms with E-state index in [9.17, 15) is 0 Å². The maximum atomic E-state index is 3.38. The van der Waals surface area contributed by atoms with Gasteiger partial charge in [0.1, 0.15) is 0 Å². The van der Waals surface area contributed by atoms with Crippen LogP contribution in [-0.2, 0) is 0 Å². The second-order valence-corrected chi connectivity index (χ2v) is 3.87. The van der Waals surface area contributed by atoms with Gasteiger partial charge in [-0.05, 0) is 12.5 Å². The minimum absolute atomic E-state index is 0.554. The lowest BCUT2D eigenvalue weighted by Crippen LogP contribution is -2.44. The Labute approximate surface area is 85.9 Å². The maximum Gasteiger partial charge on any atom is 0.0320 e. The molecule has 1 atom stereocenters. The smallest absolute Gasteiger partial charge is 0.0320 e. The normalized spacial score (nSPS) is 20.6. The van der Waals surface area contributed by atoms with E-state index < -0.39 is 0 Å². The Balaban J connectivity index is 2.03. The van der Waals surface area contributed by atoms with Crippen molar-refractivity contribution >= 4 is 0 Å². The number of benzene rings is 1. The van der Waals surface area contributed by atoms with Crippen LogP contribution in [-0.4, -0.2) is 31.1 Å². The van der Waals surface area contributed by atoms with Crippen molar-refractivity contribution in [3.8, 4) is 0 Å². The molecular formula is C12H18N2. The van der Waals surface area contributed by atoms with E-state index in [1.807, 2.05) is 0 Å². The Morgan fingerprint density at radius 1 is 1.14 bits per heavy atom. The van der Waals surface area contributed by atoms with E-state index in [4.69, 9.17) is 0 Å². The van der Waals surface area contributed by atoms with Crippen molar-refractivity contribution in [3.05, 3.63) is 35.9 Å². The van der Waals surface area contributed by atoms with Crippen LogP contribution in [0.5, 0.6) is 0 Å². The Hall–Kier alpha value is -0.860. The third-order valence-corrected chi connectivity index (χ3v) is 2.98. The van der Waals surface area contributed by atoms with Crippen LogP contribution in [0.1, 0.15) is 18.5 Å². The van der Waals surface area contributed by atoms with Gasteiger partial charge in [0.15, 0.2) is 0 Å². The molecule has 1 aromatic carbocycles. The van der Waals surface area contributed by atoms with Gasteiger partial charge in [0.2, 0.25) is 0 Å². The zero-order valence-corrected chi connectivity index (χ0v) is 8.74. The third kappa shape index (κ3) is 2.14. The minimum atomic E-state index is 0.554. The van der Waals surface area contributed by atoms with Gasteiger partial charge in [0, 0.05) is 32.2 Å². The van der Waals surface area contributed by atoms with E-state index in [1.54, 1.807) is 0 Å². The van der Waals surface area contributed by atoms with Crippen molar-refractivity contribution in [1.82, 2.24) is 10.2 Å². The molecule has 76 valence electrons. The molecule has 2 rings (SSSR count). The van der Waals surface area contributed by atoms with Crippen LogP contribution in [0.25, 0.3) is 0 Å². The number of hydrogen-bond donors (Lipinski definition) is 1. The molecule has 1 fully saturated rings. The lowest BCUT2D eigenvalue weighted by molar-refractivity contribution is 0.185. The highest BCUT2D eigenvalue weighted by atomic mass is 15.2. The molecule has 1 N–H and O–H groups in total. The standard InChI is InChI=1S/C12H18N2/c1-11(12-5-3-2-4-6-12)14-9-7-13-8-10-14/h2-6,11,13H,7-10H2,1H3/t11-/m1/s1. The molecule has 0 bridgehead atoms. The largest absolute Gasteiger partial charge is 0.314 e. The van der Waals surface area contributed by atoms with E-state index in [-0.39, 0.29) is 0 Å². The fourth-order valence-corrected chi connectivity index (χ4v) is 2.01. The highest BCUT2D eigenvalue weighted by Gasteiger charge is 2.16. The highest BCUT2D eigenvalue weighted by Crippen LogP contribution is 2.19. The van der Waals surface area contributed by atoms with Crippen molar-refractivity contribution in [3.63, 3.8) is 0 Å². The molecule has 2 nitrogen and oxygen atoms in total. The molecule has 0 radical (unpaired) electrons. The van der Waals surface area contributed by atoms with Crippen LogP contribution in [0.3, 0.4) is 0 Å². The molecule has 0 aromatic heterocycles. The van der Waals surface area contributed by atoms with Crippen LogP contribution in [0.15, 0.2) is 30.3 Å². The first-order chi connectivity index (χ1) is 6.88. The molecule has 0 aliphatic carbocycles. The molecule has 0 amide bonds. The Morgan fingerprint density at radius 2 is 1.79 bits per heavy atom. The molecule has 1 saturated heterocycles. The second-order valence-electron chi connectivity index (χ2n) is 3.87. The number of nitrogens with one attached hydrogen (secondary N) is 1. The topological polar surface area (TPSA) is 15.3 Å². The Kier molecular flexibility index (Phi) is 3.17. The first kappa shape index (κ1) is 9.69. The predicted octanol–water partition coefficient (Wildman–Crippen LogP) is 1.65. The van der Waals surface area contributed by atoms with Crippen molar-refractivity contribution < 1.29 is 0 Å². The van der Waals surface area contributed by atoms with Crippen LogP contribution < -0.4 is 5.32 Å². The van der Waals surface area contributed by atoms with Crippen LogP contribution in [0.2, 0.25) is 0 Å². The maximum absolute atomic E-state index is 3.38. The van der Waals surface area contributed by atoms with Gasteiger partial charge in [-0.3, -0.25) is 4.90 Å². The summed E-state index contributed by atoms with van der Waals surface area (Å²) in [5, 5.41) is 3.38. The van der Waals surface area contributed by atoms with Crippen LogP contribution >= 0.6 is 0 Å². The van der Waals surface area contributed by atoms with Gasteiger partial charge >= 0.3 is 0 Å². The van der Waals surface area contributed by atoms with E-state index in [2.05, 4.69) is 47.5 Å². The SMILES string of the molecule is C[C@H](c1ccccc1)N1CCNCC1. The first-order valence-corrected chi connectivity index (χ1v) is 5.37. The molecule has 14 heavy (non-hydrogen) atoms. The zero-order valence-electron chi connectivity index (χ0n) is 8.74. The van der Waals surface area contributed by atoms with Gasteiger partial charge in [0.05, 0.1) is 0 Å². The van der Waals surface area contributed by atoms with Crippen molar-refractivity contribution in [1.29, 1.82) is 0 Å². The number of hydrogen-bond acceptors (Lipinski definition) is 2. The van der Waals surface area contributed by atoms with Gasteiger partial charge in [-0.15, -0.1) is 0 Å². The summed E-state index contributed by atoms with van der Waals surface area (Å²) >= 11 is 0. The molecule has 1 heterocycles. The summed E-state index contributed by atoms with van der Waals surface area (Å²) in [6.45, 7) is 6.86. The van der Waals surface area contributed by atoms with Gasteiger partial charge < -0.3 is 5.32 Å². The van der Waals surface area contributed by atoms with Gasteiger partial charge in [-0.1, -0.05) is 30.3 Å². The molecule has 0 spiro atoms.